The molecule has 4 atom stereocenters. The van der Waals surface area contributed by atoms with E-state index in [0.717, 1.165) is 24.0 Å². The van der Waals surface area contributed by atoms with Crippen molar-refractivity contribution in [2.75, 3.05) is 5.32 Å². The van der Waals surface area contributed by atoms with Crippen LogP contribution in [0.25, 0.3) is 0 Å². The van der Waals surface area contributed by atoms with Crippen LogP contribution in [-0.4, -0.2) is 17.9 Å². The molecule has 2 fully saturated rings. The first-order valence-electron chi connectivity index (χ1n) is 10.0. The van der Waals surface area contributed by atoms with E-state index in [1.165, 1.54) is 6.42 Å². The van der Waals surface area contributed by atoms with Crippen molar-refractivity contribution in [3.05, 3.63) is 65.2 Å². The summed E-state index contributed by atoms with van der Waals surface area (Å²) in [5.41, 5.74) is 9.67. The third-order valence-corrected chi connectivity index (χ3v) is 6.25. The Hall–Kier alpha value is -2.66. The van der Waals surface area contributed by atoms with Crippen LogP contribution in [0.5, 0.6) is 0 Å². The number of nitrogens with two attached hydrogens (primary N) is 1. The zero-order valence-corrected chi connectivity index (χ0v) is 16.2. The largest absolute Gasteiger partial charge is 0.352 e. The maximum Gasteiger partial charge on any atom is 0.255 e. The molecule has 2 aliphatic rings. The molecule has 2 bridgehead atoms. The summed E-state index contributed by atoms with van der Waals surface area (Å²) >= 11 is 0. The first kappa shape index (κ1) is 18.7. The smallest absolute Gasteiger partial charge is 0.255 e. The van der Waals surface area contributed by atoms with Gasteiger partial charge in [-0.25, -0.2) is 0 Å². The van der Waals surface area contributed by atoms with E-state index >= 15 is 0 Å². The Kier molecular flexibility index (Phi) is 5.18. The van der Waals surface area contributed by atoms with Gasteiger partial charge in [0.1, 0.15) is 0 Å². The van der Waals surface area contributed by atoms with Gasteiger partial charge < -0.3 is 16.4 Å². The summed E-state index contributed by atoms with van der Waals surface area (Å²) in [6, 6.07) is 15.0. The van der Waals surface area contributed by atoms with Gasteiger partial charge >= 0.3 is 0 Å². The van der Waals surface area contributed by atoms with Crippen molar-refractivity contribution in [1.82, 2.24) is 5.32 Å². The normalized spacial score (nSPS) is 25.5. The number of aryl methyl sites for hydroxylation is 1. The summed E-state index contributed by atoms with van der Waals surface area (Å²) in [6.07, 6.45) is 3.38. The van der Waals surface area contributed by atoms with Gasteiger partial charge in [-0.1, -0.05) is 29.8 Å². The van der Waals surface area contributed by atoms with Gasteiger partial charge in [0.15, 0.2) is 0 Å². The average molecular weight is 377 g/mol. The summed E-state index contributed by atoms with van der Waals surface area (Å²) in [6.45, 7) is 2.43. The zero-order chi connectivity index (χ0) is 19.7. The third-order valence-electron chi connectivity index (χ3n) is 6.25. The summed E-state index contributed by atoms with van der Waals surface area (Å²) < 4.78 is 0. The molecule has 4 N–H and O–H groups in total. The second-order valence-electron chi connectivity index (χ2n) is 8.17. The maximum absolute atomic E-state index is 12.6. The topological polar surface area (TPSA) is 84.2 Å². The van der Waals surface area contributed by atoms with Crippen molar-refractivity contribution in [2.24, 2.45) is 23.5 Å². The third kappa shape index (κ3) is 3.80. The SMILES string of the molecule is Cc1ccc(C(=O)Nc2cccc(CNC(=O)C3C4CCC(C4)C3N)c2)cc1. The molecule has 0 radical (unpaired) electrons. The van der Waals surface area contributed by atoms with E-state index in [9.17, 15) is 9.59 Å². The Morgan fingerprint density at radius 1 is 1.07 bits per heavy atom. The molecule has 146 valence electrons. The van der Waals surface area contributed by atoms with Crippen LogP contribution in [0.15, 0.2) is 48.5 Å². The fraction of sp³-hybridized carbons (Fsp3) is 0.391. The van der Waals surface area contributed by atoms with Crippen LogP contribution < -0.4 is 16.4 Å². The molecule has 5 heteroatoms. The first-order valence-corrected chi connectivity index (χ1v) is 10.0. The lowest BCUT2D eigenvalue weighted by atomic mass is 9.84. The minimum Gasteiger partial charge on any atom is -0.352 e. The van der Waals surface area contributed by atoms with Crippen LogP contribution in [0.2, 0.25) is 0 Å². The molecule has 28 heavy (non-hydrogen) atoms. The molecule has 4 unspecified atom stereocenters. The Morgan fingerprint density at radius 3 is 2.54 bits per heavy atom. The summed E-state index contributed by atoms with van der Waals surface area (Å²) in [4.78, 5) is 25.0. The van der Waals surface area contributed by atoms with Crippen LogP contribution in [0.4, 0.5) is 5.69 Å². The lowest BCUT2D eigenvalue weighted by molar-refractivity contribution is -0.127. The van der Waals surface area contributed by atoms with Crippen molar-refractivity contribution >= 4 is 17.5 Å². The lowest BCUT2D eigenvalue weighted by Crippen LogP contribution is -2.45. The molecule has 0 aromatic heterocycles. The number of hydrogen-bond acceptors (Lipinski definition) is 3. The van der Waals surface area contributed by atoms with E-state index in [4.69, 9.17) is 5.73 Å². The van der Waals surface area contributed by atoms with Crippen molar-refractivity contribution in [1.29, 1.82) is 0 Å². The number of nitrogens with one attached hydrogen (secondary N) is 2. The first-order chi connectivity index (χ1) is 13.5. The van der Waals surface area contributed by atoms with Gasteiger partial charge in [0, 0.05) is 23.8 Å². The van der Waals surface area contributed by atoms with Gasteiger partial charge in [-0.2, -0.15) is 0 Å². The van der Waals surface area contributed by atoms with Gasteiger partial charge in [-0.05, 0) is 67.9 Å². The van der Waals surface area contributed by atoms with E-state index in [1.54, 1.807) is 0 Å². The molecule has 0 heterocycles. The van der Waals surface area contributed by atoms with Crippen molar-refractivity contribution < 1.29 is 9.59 Å². The molecule has 4 rings (SSSR count). The Labute approximate surface area is 165 Å². The number of rotatable bonds is 5. The molecule has 2 aliphatic carbocycles. The van der Waals surface area contributed by atoms with E-state index in [-0.39, 0.29) is 23.8 Å². The van der Waals surface area contributed by atoms with E-state index in [1.807, 2.05) is 55.5 Å². The molecule has 0 aliphatic heterocycles. The number of amides is 2. The van der Waals surface area contributed by atoms with E-state index < -0.39 is 0 Å². The number of benzene rings is 2. The van der Waals surface area contributed by atoms with Gasteiger partial charge in [-0.3, -0.25) is 9.59 Å². The highest BCUT2D eigenvalue weighted by molar-refractivity contribution is 6.04. The van der Waals surface area contributed by atoms with Crippen LogP contribution in [-0.2, 0) is 11.3 Å². The van der Waals surface area contributed by atoms with Crippen LogP contribution in [0.3, 0.4) is 0 Å². The number of hydrogen-bond donors (Lipinski definition) is 3. The summed E-state index contributed by atoms with van der Waals surface area (Å²) in [7, 11) is 0. The molecule has 5 nitrogen and oxygen atoms in total. The minimum absolute atomic E-state index is 0.00104. The second-order valence-corrected chi connectivity index (χ2v) is 8.17. The molecule has 2 aromatic rings. The zero-order valence-electron chi connectivity index (χ0n) is 16.2. The van der Waals surface area contributed by atoms with Crippen molar-refractivity contribution in [2.45, 2.75) is 38.8 Å². The Morgan fingerprint density at radius 2 is 1.82 bits per heavy atom. The fourth-order valence-electron chi connectivity index (χ4n) is 4.70. The molecular weight excluding hydrogens is 350 g/mol. The average Bonchev–Trinajstić information content (AvgIpc) is 3.28. The standard InChI is InChI=1S/C23H27N3O2/c1-14-5-7-16(8-6-14)22(27)26-19-4-2-3-15(11-19)13-25-23(28)20-17-9-10-18(12-17)21(20)24/h2-8,11,17-18,20-21H,9-10,12-13,24H2,1H3,(H,25,28)(H,26,27). The van der Waals surface area contributed by atoms with E-state index in [0.29, 0.717) is 29.6 Å². The van der Waals surface area contributed by atoms with Crippen LogP contribution in [0, 0.1) is 24.7 Å². The summed E-state index contributed by atoms with van der Waals surface area (Å²) in [5.74, 6) is 0.826. The van der Waals surface area contributed by atoms with Gasteiger partial charge in [0.2, 0.25) is 5.91 Å². The highest BCUT2D eigenvalue weighted by atomic mass is 16.2. The van der Waals surface area contributed by atoms with Crippen LogP contribution >= 0.6 is 0 Å². The van der Waals surface area contributed by atoms with Crippen molar-refractivity contribution in [3.8, 4) is 0 Å². The van der Waals surface area contributed by atoms with Crippen LogP contribution in [0.1, 0.15) is 40.7 Å². The molecule has 2 amide bonds. The number of fused-ring (bicyclic) bond motifs is 2. The number of anilines is 1. The van der Waals surface area contributed by atoms with Gasteiger partial charge in [0.25, 0.3) is 5.91 Å². The van der Waals surface area contributed by atoms with E-state index in [2.05, 4.69) is 10.6 Å². The Bertz CT molecular complexity index is 876. The predicted octanol–water partition coefficient (Wildman–Crippen LogP) is 3.24. The fourth-order valence-corrected chi connectivity index (χ4v) is 4.70. The molecule has 0 spiro atoms. The van der Waals surface area contributed by atoms with Crippen molar-refractivity contribution in [3.63, 3.8) is 0 Å². The quantitative estimate of drug-likeness (QED) is 0.748. The molecule has 0 saturated heterocycles. The molecular formula is C23H27N3O2. The highest BCUT2D eigenvalue weighted by Gasteiger charge is 2.48. The predicted molar refractivity (Wildman–Crippen MR) is 110 cm³/mol. The summed E-state index contributed by atoms with van der Waals surface area (Å²) in [5, 5.41) is 5.96. The monoisotopic (exact) mass is 377 g/mol. The van der Waals surface area contributed by atoms with Gasteiger partial charge in [0.05, 0.1) is 5.92 Å². The second kappa shape index (κ2) is 7.76. The Balaban J connectivity index is 1.35. The highest BCUT2D eigenvalue weighted by Crippen LogP contribution is 2.47. The minimum atomic E-state index is -0.144. The lowest BCUT2D eigenvalue weighted by Gasteiger charge is -2.27. The number of carbonyl (C=O) groups excluding carboxylic acids is 2. The molecule has 2 saturated carbocycles. The molecule has 2 aromatic carbocycles. The maximum atomic E-state index is 12.6. The number of carbonyl (C=O) groups is 2. The van der Waals surface area contributed by atoms with Gasteiger partial charge in [-0.15, -0.1) is 0 Å².